The quantitative estimate of drug-likeness (QED) is 0.350. The summed E-state index contributed by atoms with van der Waals surface area (Å²) >= 11 is 0. The first-order valence-corrected chi connectivity index (χ1v) is 11.5. The summed E-state index contributed by atoms with van der Waals surface area (Å²) in [6.07, 6.45) is 3.85. The number of ether oxygens (including phenoxy) is 2. The molecule has 2 heterocycles. The molecule has 1 unspecified atom stereocenters. The molecule has 1 atom stereocenters. The van der Waals surface area contributed by atoms with Gasteiger partial charge < -0.3 is 20.1 Å². The fourth-order valence-electron chi connectivity index (χ4n) is 4.32. The van der Waals surface area contributed by atoms with E-state index < -0.39 is 11.6 Å². The van der Waals surface area contributed by atoms with E-state index in [0.717, 1.165) is 31.2 Å². The largest absolute Gasteiger partial charge is 0.476 e. The Morgan fingerprint density at radius 3 is 2.41 bits per heavy atom. The Kier molecular flexibility index (Phi) is 6.49. The number of hydrogen-bond donors (Lipinski definition) is 2. The van der Waals surface area contributed by atoms with E-state index in [-0.39, 0.29) is 12.3 Å². The van der Waals surface area contributed by atoms with Crippen LogP contribution in [0.4, 0.5) is 0 Å². The molecule has 32 heavy (non-hydrogen) atoms. The monoisotopic (exact) mass is 434 g/mol. The highest BCUT2D eigenvalue weighted by Crippen LogP contribution is 2.52. The third-order valence-electron chi connectivity index (χ3n) is 5.92. The van der Waals surface area contributed by atoms with E-state index in [1.807, 2.05) is 42.5 Å². The summed E-state index contributed by atoms with van der Waals surface area (Å²) < 4.78 is 12.3. The standard InChI is InChI=1S/C26H30N2O4/c1-3-5-15-27-22(29)17-26-19-12-8-10-14-21(19)31-25(30)23(26)24(28-16-6-4-2)18-11-7-9-13-20(18)32-26/h7-14,28H,3-6,15-17H2,1-2H3,(H,27,29). The normalized spacial score (nSPS) is 18.6. The van der Waals surface area contributed by atoms with E-state index in [4.69, 9.17) is 9.47 Å². The zero-order valence-corrected chi connectivity index (χ0v) is 18.7. The first kappa shape index (κ1) is 21.9. The predicted molar refractivity (Wildman–Crippen MR) is 123 cm³/mol. The highest BCUT2D eigenvalue weighted by Gasteiger charge is 2.54. The van der Waals surface area contributed by atoms with Gasteiger partial charge in [0.2, 0.25) is 5.91 Å². The SMILES string of the molecule is CCCCNC(=O)CC12Oc3ccccc3C(NCCCC)=C1C(=O)Oc1ccccc12. The molecule has 1 amide bonds. The maximum Gasteiger partial charge on any atom is 0.346 e. The summed E-state index contributed by atoms with van der Waals surface area (Å²) in [7, 11) is 0. The van der Waals surface area contributed by atoms with Gasteiger partial charge in [0, 0.05) is 24.2 Å². The number of carbonyl (C=O) groups is 2. The average molecular weight is 435 g/mol. The number of benzene rings is 2. The molecule has 2 aromatic carbocycles. The second kappa shape index (κ2) is 9.47. The molecule has 168 valence electrons. The van der Waals surface area contributed by atoms with Gasteiger partial charge in [0.05, 0.1) is 12.1 Å². The van der Waals surface area contributed by atoms with Crippen molar-refractivity contribution < 1.29 is 19.1 Å². The maximum atomic E-state index is 13.4. The van der Waals surface area contributed by atoms with Crippen LogP contribution in [-0.4, -0.2) is 25.0 Å². The molecule has 6 heteroatoms. The number of esters is 1. The summed E-state index contributed by atoms with van der Waals surface area (Å²) in [6, 6.07) is 14.9. The van der Waals surface area contributed by atoms with Crippen LogP contribution in [0.2, 0.25) is 0 Å². The molecule has 2 aliphatic rings. The van der Waals surface area contributed by atoms with Crippen LogP contribution in [0.3, 0.4) is 0 Å². The summed E-state index contributed by atoms with van der Waals surface area (Å²) in [4.78, 5) is 26.4. The molecule has 0 aliphatic carbocycles. The summed E-state index contributed by atoms with van der Waals surface area (Å²) in [5.41, 5.74) is 1.27. The van der Waals surface area contributed by atoms with Gasteiger partial charge in [-0.2, -0.15) is 0 Å². The minimum Gasteiger partial charge on any atom is -0.476 e. The second-order valence-corrected chi connectivity index (χ2v) is 8.22. The van der Waals surface area contributed by atoms with Crippen LogP contribution in [0.5, 0.6) is 11.5 Å². The van der Waals surface area contributed by atoms with Gasteiger partial charge in [-0.1, -0.05) is 57.0 Å². The molecule has 6 nitrogen and oxygen atoms in total. The van der Waals surface area contributed by atoms with Crippen molar-refractivity contribution in [2.24, 2.45) is 0 Å². The van der Waals surface area contributed by atoms with Gasteiger partial charge in [-0.25, -0.2) is 4.79 Å². The predicted octanol–water partition coefficient (Wildman–Crippen LogP) is 4.30. The van der Waals surface area contributed by atoms with Crippen LogP contribution < -0.4 is 20.1 Å². The molecule has 4 rings (SSSR count). The van der Waals surface area contributed by atoms with Gasteiger partial charge >= 0.3 is 5.97 Å². The van der Waals surface area contributed by atoms with E-state index in [1.165, 1.54) is 0 Å². The van der Waals surface area contributed by atoms with Crippen LogP contribution in [-0.2, 0) is 15.2 Å². The van der Waals surface area contributed by atoms with E-state index in [0.29, 0.717) is 41.4 Å². The maximum absolute atomic E-state index is 13.4. The number of hydrogen-bond acceptors (Lipinski definition) is 5. The van der Waals surface area contributed by atoms with Crippen molar-refractivity contribution in [2.45, 2.75) is 51.6 Å². The lowest BCUT2D eigenvalue weighted by molar-refractivity contribution is -0.135. The number of carbonyl (C=O) groups excluding carboxylic acids is 2. The van der Waals surface area contributed by atoms with E-state index in [9.17, 15) is 9.59 Å². The molecule has 0 fully saturated rings. The topological polar surface area (TPSA) is 76.7 Å². The van der Waals surface area contributed by atoms with Gasteiger partial charge in [-0.05, 0) is 31.0 Å². The van der Waals surface area contributed by atoms with Crippen LogP contribution in [0.15, 0.2) is 54.1 Å². The molecule has 0 radical (unpaired) electrons. The van der Waals surface area contributed by atoms with Crippen molar-refractivity contribution in [3.8, 4) is 11.5 Å². The summed E-state index contributed by atoms with van der Waals surface area (Å²) in [5, 5.41) is 6.44. The molecular formula is C26H30N2O4. The number of rotatable bonds is 9. The zero-order chi connectivity index (χ0) is 22.6. The Morgan fingerprint density at radius 2 is 1.62 bits per heavy atom. The molecule has 0 aromatic heterocycles. The average Bonchev–Trinajstić information content (AvgIpc) is 2.79. The van der Waals surface area contributed by atoms with Crippen LogP contribution in [0.25, 0.3) is 5.70 Å². The number of fused-ring (bicyclic) bond motifs is 4. The molecule has 0 bridgehead atoms. The van der Waals surface area contributed by atoms with Crippen LogP contribution in [0, 0.1) is 0 Å². The Morgan fingerprint density at radius 1 is 0.938 bits per heavy atom. The van der Waals surface area contributed by atoms with Gasteiger partial charge in [-0.15, -0.1) is 0 Å². The van der Waals surface area contributed by atoms with Gasteiger partial charge in [-0.3, -0.25) is 4.79 Å². The van der Waals surface area contributed by atoms with Gasteiger partial charge in [0.1, 0.15) is 17.1 Å². The molecular weight excluding hydrogens is 404 g/mol. The van der Waals surface area contributed by atoms with Crippen LogP contribution in [0.1, 0.15) is 57.1 Å². The van der Waals surface area contributed by atoms with E-state index in [2.05, 4.69) is 24.5 Å². The van der Waals surface area contributed by atoms with E-state index >= 15 is 0 Å². The van der Waals surface area contributed by atoms with Crippen molar-refractivity contribution in [2.75, 3.05) is 13.1 Å². The van der Waals surface area contributed by atoms with E-state index in [1.54, 1.807) is 6.07 Å². The fraction of sp³-hybridized carbons (Fsp3) is 0.385. The lowest BCUT2D eigenvalue weighted by atomic mass is 9.76. The number of unbranched alkanes of at least 4 members (excludes halogenated alkanes) is 2. The Hall–Kier alpha value is -3.28. The minimum atomic E-state index is -1.26. The first-order valence-electron chi connectivity index (χ1n) is 11.5. The van der Waals surface area contributed by atoms with Crippen molar-refractivity contribution in [1.82, 2.24) is 10.6 Å². The lowest BCUT2D eigenvalue weighted by Crippen LogP contribution is -2.50. The summed E-state index contributed by atoms with van der Waals surface area (Å²) in [6.45, 7) is 5.49. The van der Waals surface area contributed by atoms with Crippen LogP contribution >= 0.6 is 0 Å². The first-order chi connectivity index (χ1) is 15.6. The molecule has 2 N–H and O–H groups in total. The Labute approximate surface area is 189 Å². The minimum absolute atomic E-state index is 0.00848. The second-order valence-electron chi connectivity index (χ2n) is 8.22. The number of amides is 1. The number of nitrogens with one attached hydrogen (secondary N) is 2. The Balaban J connectivity index is 1.87. The van der Waals surface area contributed by atoms with Crippen molar-refractivity contribution in [3.63, 3.8) is 0 Å². The summed E-state index contributed by atoms with van der Waals surface area (Å²) in [5.74, 6) is 0.419. The third-order valence-corrected chi connectivity index (χ3v) is 5.92. The van der Waals surface area contributed by atoms with Crippen molar-refractivity contribution in [3.05, 3.63) is 65.2 Å². The number of para-hydroxylation sites is 2. The van der Waals surface area contributed by atoms with Gasteiger partial charge in [0.25, 0.3) is 0 Å². The molecule has 0 spiro atoms. The highest BCUT2D eigenvalue weighted by atomic mass is 16.6. The smallest absolute Gasteiger partial charge is 0.346 e. The third kappa shape index (κ3) is 3.97. The molecule has 2 aromatic rings. The molecule has 0 saturated carbocycles. The fourth-order valence-corrected chi connectivity index (χ4v) is 4.32. The zero-order valence-electron chi connectivity index (χ0n) is 18.7. The molecule has 0 saturated heterocycles. The van der Waals surface area contributed by atoms with Crippen molar-refractivity contribution >= 4 is 17.6 Å². The van der Waals surface area contributed by atoms with Gasteiger partial charge in [0.15, 0.2) is 5.60 Å². The Bertz CT molecular complexity index is 1050. The molecule has 2 aliphatic heterocycles. The highest BCUT2D eigenvalue weighted by molar-refractivity contribution is 6.05. The lowest BCUT2D eigenvalue weighted by Gasteiger charge is -2.43. The van der Waals surface area contributed by atoms with Crippen molar-refractivity contribution in [1.29, 1.82) is 0 Å².